The number of carboxylic acids is 1. The summed E-state index contributed by atoms with van der Waals surface area (Å²) in [6.45, 7) is 2.18. The first-order chi connectivity index (χ1) is 9.31. The quantitative estimate of drug-likeness (QED) is 0.925. The van der Waals surface area contributed by atoms with Crippen LogP contribution in [0, 0.1) is 0 Å². The van der Waals surface area contributed by atoms with Crippen molar-refractivity contribution in [2.24, 2.45) is 0 Å². The van der Waals surface area contributed by atoms with Crippen LogP contribution in [0.3, 0.4) is 0 Å². The maximum atomic E-state index is 12.4. The van der Waals surface area contributed by atoms with E-state index < -0.39 is 23.4 Å². The van der Waals surface area contributed by atoms with Crippen molar-refractivity contribution >= 4 is 11.8 Å². The Kier molecular flexibility index (Phi) is 3.58. The van der Waals surface area contributed by atoms with Gasteiger partial charge in [0.2, 0.25) is 0 Å². The van der Waals surface area contributed by atoms with Gasteiger partial charge in [-0.3, -0.25) is 0 Å². The first kappa shape index (κ1) is 14.5. The van der Waals surface area contributed by atoms with Crippen LogP contribution >= 0.6 is 0 Å². The number of hydrogen-bond donors (Lipinski definition) is 1. The van der Waals surface area contributed by atoms with E-state index in [0.717, 1.165) is 6.07 Å². The van der Waals surface area contributed by atoms with Gasteiger partial charge in [0.25, 0.3) is 0 Å². The number of nitrogens with zero attached hydrogens (tertiary/aromatic N) is 3. The lowest BCUT2D eigenvalue weighted by atomic mass is 9.93. The number of aromatic nitrogens is 2. The van der Waals surface area contributed by atoms with Crippen molar-refractivity contribution in [3.8, 4) is 0 Å². The first-order valence-corrected chi connectivity index (χ1v) is 6.23. The first-order valence-electron chi connectivity index (χ1n) is 6.23. The van der Waals surface area contributed by atoms with Crippen molar-refractivity contribution < 1.29 is 23.1 Å². The Hall–Kier alpha value is -1.86. The van der Waals surface area contributed by atoms with E-state index in [4.69, 9.17) is 0 Å². The summed E-state index contributed by atoms with van der Waals surface area (Å²) in [6.07, 6.45) is -3.10. The molecule has 1 aliphatic heterocycles. The Bertz CT molecular complexity index is 504. The SMILES string of the molecule is CCC1(C(=O)O)CCCN1c1ccc(C(F)(F)F)nn1. The average molecular weight is 289 g/mol. The van der Waals surface area contributed by atoms with E-state index in [9.17, 15) is 23.1 Å². The molecule has 2 heterocycles. The molecule has 2 rings (SSSR count). The molecule has 1 fully saturated rings. The third-order valence-corrected chi connectivity index (χ3v) is 3.69. The maximum absolute atomic E-state index is 12.4. The molecule has 1 atom stereocenters. The van der Waals surface area contributed by atoms with Gasteiger partial charge in [-0.1, -0.05) is 6.92 Å². The van der Waals surface area contributed by atoms with Gasteiger partial charge in [-0.15, -0.1) is 10.2 Å². The summed E-state index contributed by atoms with van der Waals surface area (Å²) < 4.78 is 37.3. The zero-order valence-corrected chi connectivity index (χ0v) is 10.8. The van der Waals surface area contributed by atoms with Gasteiger partial charge in [0.15, 0.2) is 11.5 Å². The average Bonchev–Trinajstić information content (AvgIpc) is 2.83. The molecule has 0 radical (unpaired) electrons. The molecule has 5 nitrogen and oxygen atoms in total. The predicted molar refractivity (Wildman–Crippen MR) is 64.3 cm³/mol. The Balaban J connectivity index is 2.34. The lowest BCUT2D eigenvalue weighted by Crippen LogP contribution is -2.50. The molecule has 20 heavy (non-hydrogen) atoms. The number of anilines is 1. The standard InChI is InChI=1S/C12H14F3N3O2/c1-2-11(10(19)20)6-3-7-18(11)9-5-4-8(16-17-9)12(13,14)15/h4-5H,2-3,6-7H2,1H3,(H,19,20). The smallest absolute Gasteiger partial charge is 0.435 e. The monoisotopic (exact) mass is 289 g/mol. The third kappa shape index (κ3) is 2.30. The van der Waals surface area contributed by atoms with Gasteiger partial charge < -0.3 is 10.0 Å². The van der Waals surface area contributed by atoms with Gasteiger partial charge in [0, 0.05) is 6.54 Å². The second kappa shape index (κ2) is 4.92. The molecule has 1 unspecified atom stereocenters. The van der Waals surface area contributed by atoms with Gasteiger partial charge >= 0.3 is 12.1 Å². The summed E-state index contributed by atoms with van der Waals surface area (Å²) in [7, 11) is 0. The number of halogens is 3. The fraction of sp³-hybridized carbons (Fsp3) is 0.583. The van der Waals surface area contributed by atoms with Crippen molar-refractivity contribution in [3.05, 3.63) is 17.8 Å². The topological polar surface area (TPSA) is 66.3 Å². The van der Waals surface area contributed by atoms with Gasteiger partial charge in [-0.05, 0) is 31.4 Å². The van der Waals surface area contributed by atoms with Crippen molar-refractivity contribution in [1.82, 2.24) is 10.2 Å². The van der Waals surface area contributed by atoms with Gasteiger partial charge in [-0.25, -0.2) is 4.79 Å². The molecule has 0 aliphatic carbocycles. The minimum atomic E-state index is -4.55. The number of rotatable bonds is 3. The molecule has 0 bridgehead atoms. The van der Waals surface area contributed by atoms with Crippen LogP contribution in [-0.4, -0.2) is 33.4 Å². The highest BCUT2D eigenvalue weighted by molar-refractivity contribution is 5.84. The number of alkyl halides is 3. The lowest BCUT2D eigenvalue weighted by Gasteiger charge is -2.34. The van der Waals surface area contributed by atoms with E-state index in [-0.39, 0.29) is 5.82 Å². The largest absolute Gasteiger partial charge is 0.479 e. The molecule has 0 aromatic carbocycles. The molecule has 1 aliphatic rings. The van der Waals surface area contributed by atoms with Crippen molar-refractivity contribution in [3.63, 3.8) is 0 Å². The van der Waals surface area contributed by atoms with Crippen LogP contribution in [0.25, 0.3) is 0 Å². The second-order valence-corrected chi connectivity index (χ2v) is 4.72. The summed E-state index contributed by atoms with van der Waals surface area (Å²) in [6, 6.07) is 2.00. The van der Waals surface area contributed by atoms with Crippen LogP contribution in [0.5, 0.6) is 0 Å². The number of hydrogen-bond acceptors (Lipinski definition) is 4. The van der Waals surface area contributed by atoms with Crippen LogP contribution in [0.4, 0.5) is 19.0 Å². The van der Waals surface area contributed by atoms with Gasteiger partial charge in [0.05, 0.1) is 0 Å². The second-order valence-electron chi connectivity index (χ2n) is 4.72. The number of carbonyl (C=O) groups is 1. The number of aliphatic carboxylic acids is 1. The van der Waals surface area contributed by atoms with Gasteiger partial charge in [0.1, 0.15) is 5.54 Å². The molecular weight excluding hydrogens is 275 g/mol. The lowest BCUT2D eigenvalue weighted by molar-refractivity contribution is -0.143. The van der Waals surface area contributed by atoms with Crippen molar-refractivity contribution in [2.75, 3.05) is 11.4 Å². The predicted octanol–water partition coefficient (Wildman–Crippen LogP) is 2.33. The summed E-state index contributed by atoms with van der Waals surface area (Å²) in [5, 5.41) is 16.1. The molecular formula is C12H14F3N3O2. The summed E-state index contributed by atoms with van der Waals surface area (Å²) in [5.41, 5.74) is -2.19. The van der Waals surface area contributed by atoms with Crippen molar-refractivity contribution in [2.45, 2.75) is 37.9 Å². The molecule has 0 spiro atoms. The Labute approximate surface area is 113 Å². The third-order valence-electron chi connectivity index (χ3n) is 3.69. The van der Waals surface area contributed by atoms with E-state index in [1.165, 1.54) is 11.0 Å². The normalized spacial score (nSPS) is 23.1. The Morgan fingerprint density at radius 2 is 2.15 bits per heavy atom. The van der Waals surface area contributed by atoms with Crippen LogP contribution in [-0.2, 0) is 11.0 Å². The van der Waals surface area contributed by atoms with Crippen molar-refractivity contribution in [1.29, 1.82) is 0 Å². The summed E-state index contributed by atoms with van der Waals surface area (Å²) in [5.74, 6) is -0.820. The molecule has 1 aromatic rings. The zero-order valence-electron chi connectivity index (χ0n) is 10.8. The summed E-state index contributed by atoms with van der Waals surface area (Å²) in [4.78, 5) is 13.0. The van der Waals surface area contributed by atoms with E-state index in [2.05, 4.69) is 10.2 Å². The molecule has 0 amide bonds. The van der Waals surface area contributed by atoms with E-state index >= 15 is 0 Å². The molecule has 1 aromatic heterocycles. The highest BCUT2D eigenvalue weighted by Crippen LogP contribution is 2.36. The van der Waals surface area contributed by atoms with Crippen LogP contribution in [0.2, 0.25) is 0 Å². The molecule has 0 saturated carbocycles. The molecule has 8 heteroatoms. The minimum absolute atomic E-state index is 0.166. The van der Waals surface area contributed by atoms with Crippen LogP contribution in [0.1, 0.15) is 31.9 Å². The van der Waals surface area contributed by atoms with Crippen LogP contribution < -0.4 is 4.90 Å². The summed E-state index contributed by atoms with van der Waals surface area (Å²) >= 11 is 0. The van der Waals surface area contributed by atoms with Gasteiger partial charge in [-0.2, -0.15) is 13.2 Å². The van der Waals surface area contributed by atoms with E-state index in [0.29, 0.717) is 25.8 Å². The molecule has 1 saturated heterocycles. The van der Waals surface area contributed by atoms with Crippen LogP contribution in [0.15, 0.2) is 12.1 Å². The number of carboxylic acid groups (broad SMARTS) is 1. The maximum Gasteiger partial charge on any atom is 0.435 e. The van der Waals surface area contributed by atoms with E-state index in [1.807, 2.05) is 0 Å². The molecule has 1 N–H and O–H groups in total. The zero-order chi connectivity index (χ0) is 15.0. The Morgan fingerprint density at radius 1 is 1.45 bits per heavy atom. The highest BCUT2D eigenvalue weighted by atomic mass is 19.4. The Morgan fingerprint density at radius 3 is 2.60 bits per heavy atom. The molecule has 110 valence electrons. The fourth-order valence-electron chi connectivity index (χ4n) is 2.57. The van der Waals surface area contributed by atoms with E-state index in [1.54, 1.807) is 6.92 Å². The minimum Gasteiger partial charge on any atom is -0.479 e. The highest BCUT2D eigenvalue weighted by Gasteiger charge is 2.47. The fourth-order valence-corrected chi connectivity index (χ4v) is 2.57.